The molecule has 0 saturated carbocycles. The van der Waals surface area contributed by atoms with E-state index in [0.717, 1.165) is 4.68 Å². The molecule has 0 amide bonds. The third-order valence-corrected chi connectivity index (χ3v) is 2.33. The Labute approximate surface area is 94.8 Å². The second-order valence-electron chi connectivity index (χ2n) is 3.18. The van der Waals surface area contributed by atoms with Gasteiger partial charge in [0.05, 0.1) is 18.8 Å². The summed E-state index contributed by atoms with van der Waals surface area (Å²) in [6.45, 7) is 0.00865. The summed E-state index contributed by atoms with van der Waals surface area (Å²) in [6.07, 6.45) is 1.42. The smallest absolute Gasteiger partial charge is 0.267 e. The van der Waals surface area contributed by atoms with Gasteiger partial charge in [0.2, 0.25) is 0 Å². The van der Waals surface area contributed by atoms with E-state index < -0.39 is 5.38 Å². The van der Waals surface area contributed by atoms with Gasteiger partial charge in [-0.05, 0) is 0 Å². The zero-order valence-electron chi connectivity index (χ0n) is 8.33. The Morgan fingerprint density at radius 2 is 2.44 bits per heavy atom. The molecule has 0 aromatic carbocycles. The molecule has 0 N–H and O–H groups in total. The monoisotopic (exact) mass is 238 g/mol. The Hall–Kier alpha value is -1.94. The summed E-state index contributed by atoms with van der Waals surface area (Å²) < 4.78 is 2.52. The number of aryl methyl sites for hydroxylation is 1. The highest BCUT2D eigenvalue weighted by atomic mass is 35.5. The van der Waals surface area contributed by atoms with Crippen LogP contribution in [0.25, 0.3) is 11.0 Å². The first kappa shape index (κ1) is 10.6. The highest BCUT2D eigenvalue weighted by Gasteiger charge is 2.12. The summed E-state index contributed by atoms with van der Waals surface area (Å²) in [5.74, 6) is 0. The van der Waals surface area contributed by atoms with Crippen LogP contribution < -0.4 is 5.56 Å². The standard InChI is InChI=1S/C8H7ClN6O/c1-14-7-6(3-11-14)8(16)15(13-12-7)4-5(9)2-10/h3,5H,4H2,1H3. The minimum atomic E-state index is -0.805. The maximum Gasteiger partial charge on any atom is 0.280 e. The number of alkyl halides is 1. The number of fused-ring (bicyclic) bond motifs is 1. The average molecular weight is 239 g/mol. The Bertz CT molecular complexity index is 623. The van der Waals surface area contributed by atoms with Gasteiger partial charge >= 0.3 is 0 Å². The van der Waals surface area contributed by atoms with Crippen molar-refractivity contribution in [1.29, 1.82) is 5.26 Å². The highest BCUT2D eigenvalue weighted by molar-refractivity contribution is 6.22. The Morgan fingerprint density at radius 1 is 1.69 bits per heavy atom. The molecule has 7 nitrogen and oxygen atoms in total. The molecule has 2 aromatic rings. The molecule has 1 atom stereocenters. The summed E-state index contributed by atoms with van der Waals surface area (Å²) in [4.78, 5) is 11.8. The van der Waals surface area contributed by atoms with E-state index >= 15 is 0 Å². The quantitative estimate of drug-likeness (QED) is 0.668. The molecule has 8 heteroatoms. The van der Waals surface area contributed by atoms with Gasteiger partial charge in [-0.15, -0.1) is 16.7 Å². The maximum atomic E-state index is 11.8. The molecule has 1 unspecified atom stereocenters. The van der Waals surface area contributed by atoms with E-state index in [0.29, 0.717) is 11.0 Å². The largest absolute Gasteiger partial charge is 0.280 e. The van der Waals surface area contributed by atoms with Gasteiger partial charge in [-0.3, -0.25) is 4.79 Å². The van der Waals surface area contributed by atoms with Crippen LogP contribution in [0.4, 0.5) is 0 Å². The minimum absolute atomic E-state index is 0.00865. The molecule has 2 rings (SSSR count). The van der Waals surface area contributed by atoms with Crippen LogP contribution in [0.1, 0.15) is 0 Å². The Balaban J connectivity index is 2.54. The van der Waals surface area contributed by atoms with Crippen LogP contribution in [0.5, 0.6) is 0 Å². The minimum Gasteiger partial charge on any atom is -0.267 e. The maximum absolute atomic E-state index is 11.8. The van der Waals surface area contributed by atoms with E-state index in [-0.39, 0.29) is 12.1 Å². The van der Waals surface area contributed by atoms with Gasteiger partial charge in [-0.1, -0.05) is 5.21 Å². The SMILES string of the molecule is Cn1ncc2c(=O)n(CC(Cl)C#N)nnc21. The van der Waals surface area contributed by atoms with Crippen molar-refractivity contribution in [3.63, 3.8) is 0 Å². The summed E-state index contributed by atoms with van der Waals surface area (Å²) in [6, 6.07) is 1.81. The molecule has 0 aliphatic rings. The lowest BCUT2D eigenvalue weighted by Crippen LogP contribution is -2.27. The molecule has 0 aliphatic carbocycles. The van der Waals surface area contributed by atoms with Crippen molar-refractivity contribution in [2.75, 3.05) is 0 Å². The molecule has 82 valence electrons. The zero-order valence-corrected chi connectivity index (χ0v) is 9.09. The van der Waals surface area contributed by atoms with E-state index in [1.54, 1.807) is 7.05 Å². The Kier molecular flexibility index (Phi) is 2.58. The summed E-state index contributed by atoms with van der Waals surface area (Å²) >= 11 is 5.62. The normalized spacial score (nSPS) is 12.6. The number of aromatic nitrogens is 5. The number of nitriles is 1. The predicted octanol–water partition coefficient (Wildman–Crippen LogP) is -0.344. The molecular weight excluding hydrogens is 232 g/mol. The molecular formula is C8H7ClN6O. The molecule has 2 aromatic heterocycles. The van der Waals surface area contributed by atoms with Crippen molar-refractivity contribution >= 4 is 22.6 Å². The fraction of sp³-hybridized carbons (Fsp3) is 0.375. The fourth-order valence-electron chi connectivity index (χ4n) is 1.29. The van der Waals surface area contributed by atoms with Crippen molar-refractivity contribution in [3.8, 4) is 6.07 Å². The first-order valence-corrected chi connectivity index (χ1v) is 4.86. The molecule has 0 bridgehead atoms. The molecule has 0 spiro atoms. The van der Waals surface area contributed by atoms with Crippen molar-refractivity contribution in [2.45, 2.75) is 11.9 Å². The molecule has 16 heavy (non-hydrogen) atoms. The third kappa shape index (κ3) is 1.63. The number of rotatable bonds is 2. The number of halogens is 1. The highest BCUT2D eigenvalue weighted by Crippen LogP contribution is 2.02. The van der Waals surface area contributed by atoms with Crippen molar-refractivity contribution < 1.29 is 0 Å². The predicted molar refractivity (Wildman–Crippen MR) is 55.8 cm³/mol. The van der Waals surface area contributed by atoms with Gasteiger partial charge in [-0.25, -0.2) is 9.36 Å². The van der Waals surface area contributed by atoms with Gasteiger partial charge in [0.1, 0.15) is 10.8 Å². The van der Waals surface area contributed by atoms with Crippen LogP contribution in [0.3, 0.4) is 0 Å². The summed E-state index contributed by atoms with van der Waals surface area (Å²) in [5, 5.41) is 19.5. The van der Waals surface area contributed by atoms with Crippen LogP contribution in [0.2, 0.25) is 0 Å². The lowest BCUT2D eigenvalue weighted by molar-refractivity contribution is 0.558. The van der Waals surface area contributed by atoms with Gasteiger partial charge in [0.25, 0.3) is 5.56 Å². The second kappa shape index (κ2) is 3.90. The third-order valence-electron chi connectivity index (χ3n) is 2.09. The first-order valence-electron chi connectivity index (χ1n) is 4.42. The van der Waals surface area contributed by atoms with E-state index in [9.17, 15) is 4.79 Å². The zero-order chi connectivity index (χ0) is 11.7. The van der Waals surface area contributed by atoms with E-state index in [1.807, 2.05) is 6.07 Å². The van der Waals surface area contributed by atoms with E-state index in [2.05, 4.69) is 15.4 Å². The summed E-state index contributed by atoms with van der Waals surface area (Å²) in [5.41, 5.74) is 0.0586. The van der Waals surface area contributed by atoms with Crippen molar-refractivity contribution in [3.05, 3.63) is 16.6 Å². The lowest BCUT2D eigenvalue weighted by Gasteiger charge is -2.02. The van der Waals surface area contributed by atoms with Crippen molar-refractivity contribution in [2.24, 2.45) is 7.05 Å². The van der Waals surface area contributed by atoms with Gasteiger partial charge in [0.15, 0.2) is 5.65 Å². The van der Waals surface area contributed by atoms with Gasteiger partial charge in [0, 0.05) is 7.05 Å². The number of hydrogen-bond acceptors (Lipinski definition) is 5. The number of nitrogens with zero attached hydrogens (tertiary/aromatic N) is 6. The first-order chi connectivity index (χ1) is 7.63. The summed E-state index contributed by atoms with van der Waals surface area (Å²) in [7, 11) is 1.67. The van der Waals surface area contributed by atoms with Crippen LogP contribution >= 0.6 is 11.6 Å². The molecule has 0 aliphatic heterocycles. The lowest BCUT2D eigenvalue weighted by atomic mass is 10.4. The molecule has 0 saturated heterocycles. The van der Waals surface area contributed by atoms with Crippen LogP contribution in [0, 0.1) is 11.3 Å². The molecule has 2 heterocycles. The average Bonchev–Trinajstić information content (AvgIpc) is 2.65. The van der Waals surface area contributed by atoms with Crippen LogP contribution in [-0.4, -0.2) is 30.2 Å². The van der Waals surface area contributed by atoms with Crippen LogP contribution in [0.15, 0.2) is 11.0 Å². The topological polar surface area (TPSA) is 89.4 Å². The number of hydrogen-bond donors (Lipinski definition) is 0. The van der Waals surface area contributed by atoms with Gasteiger partial charge < -0.3 is 0 Å². The van der Waals surface area contributed by atoms with Crippen molar-refractivity contribution in [1.82, 2.24) is 24.8 Å². The van der Waals surface area contributed by atoms with Gasteiger partial charge in [-0.2, -0.15) is 10.4 Å². The molecule has 0 fully saturated rings. The second-order valence-corrected chi connectivity index (χ2v) is 3.71. The van der Waals surface area contributed by atoms with E-state index in [4.69, 9.17) is 16.9 Å². The van der Waals surface area contributed by atoms with E-state index in [1.165, 1.54) is 10.9 Å². The Morgan fingerprint density at radius 3 is 3.12 bits per heavy atom. The molecule has 0 radical (unpaired) electrons. The fourth-order valence-corrected chi connectivity index (χ4v) is 1.42. The van der Waals surface area contributed by atoms with Crippen LogP contribution in [-0.2, 0) is 13.6 Å².